The molecule has 5 heteroatoms. The molecule has 3 aromatic rings. The number of fused-ring (bicyclic) bond motifs is 1. The molecule has 30 heavy (non-hydrogen) atoms. The van der Waals surface area contributed by atoms with Crippen LogP contribution >= 0.6 is 0 Å². The van der Waals surface area contributed by atoms with Gasteiger partial charge in [-0.2, -0.15) is 0 Å². The molecular formula is C25H27N3O2. The highest BCUT2D eigenvalue weighted by Crippen LogP contribution is 2.34. The van der Waals surface area contributed by atoms with E-state index in [0.717, 1.165) is 47.6 Å². The van der Waals surface area contributed by atoms with Crippen molar-refractivity contribution in [3.8, 4) is 16.9 Å². The van der Waals surface area contributed by atoms with E-state index in [9.17, 15) is 4.79 Å². The van der Waals surface area contributed by atoms with Crippen LogP contribution in [0.3, 0.4) is 0 Å². The van der Waals surface area contributed by atoms with E-state index in [1.165, 1.54) is 11.1 Å². The van der Waals surface area contributed by atoms with Gasteiger partial charge in [-0.3, -0.25) is 9.78 Å². The summed E-state index contributed by atoms with van der Waals surface area (Å²) in [6.07, 6.45) is 2.83. The molecule has 1 amide bonds. The summed E-state index contributed by atoms with van der Waals surface area (Å²) >= 11 is 0. The highest BCUT2D eigenvalue weighted by molar-refractivity contribution is 5.95. The number of nitrogens with zero attached hydrogens (tertiary/aromatic N) is 2. The van der Waals surface area contributed by atoms with Crippen LogP contribution < -0.4 is 10.1 Å². The van der Waals surface area contributed by atoms with Crippen LogP contribution in [0.2, 0.25) is 0 Å². The molecule has 154 valence electrons. The summed E-state index contributed by atoms with van der Waals surface area (Å²) in [5, 5.41) is 3.43. The first kappa shape index (κ1) is 20.1. The maximum absolute atomic E-state index is 12.6. The van der Waals surface area contributed by atoms with Crippen molar-refractivity contribution >= 4 is 5.91 Å². The third kappa shape index (κ3) is 4.36. The number of aryl methyl sites for hydroxylation is 1. The van der Waals surface area contributed by atoms with E-state index in [2.05, 4.69) is 28.5 Å². The van der Waals surface area contributed by atoms with Gasteiger partial charge in [-0.1, -0.05) is 12.1 Å². The highest BCUT2D eigenvalue weighted by atomic mass is 16.5. The maximum Gasteiger partial charge on any atom is 0.253 e. The number of benzene rings is 2. The van der Waals surface area contributed by atoms with Crippen molar-refractivity contribution < 1.29 is 9.53 Å². The molecule has 0 unspecified atom stereocenters. The third-order valence-corrected chi connectivity index (χ3v) is 5.38. The fraction of sp³-hybridized carbons (Fsp3) is 0.280. The van der Waals surface area contributed by atoms with Crippen LogP contribution in [0, 0.1) is 6.92 Å². The van der Waals surface area contributed by atoms with Crippen molar-refractivity contribution in [1.82, 2.24) is 15.2 Å². The minimum Gasteiger partial charge on any atom is -0.487 e. The van der Waals surface area contributed by atoms with E-state index in [4.69, 9.17) is 4.74 Å². The van der Waals surface area contributed by atoms with E-state index < -0.39 is 0 Å². The number of rotatable bonds is 5. The largest absolute Gasteiger partial charge is 0.487 e. The Morgan fingerprint density at radius 1 is 1.10 bits per heavy atom. The molecule has 0 atom stereocenters. The Balaban J connectivity index is 1.71. The molecule has 1 N–H and O–H groups in total. The number of hydrogen-bond donors (Lipinski definition) is 1. The van der Waals surface area contributed by atoms with Crippen LogP contribution in [0.5, 0.6) is 5.75 Å². The van der Waals surface area contributed by atoms with E-state index in [1.54, 1.807) is 25.2 Å². The normalized spacial score (nSPS) is 12.9. The van der Waals surface area contributed by atoms with Gasteiger partial charge in [0, 0.05) is 38.0 Å². The predicted octanol–water partition coefficient (Wildman–Crippen LogP) is 3.98. The summed E-state index contributed by atoms with van der Waals surface area (Å²) in [7, 11) is 3.53. The van der Waals surface area contributed by atoms with Gasteiger partial charge < -0.3 is 15.0 Å². The highest BCUT2D eigenvalue weighted by Gasteiger charge is 2.16. The van der Waals surface area contributed by atoms with Crippen molar-refractivity contribution in [3.05, 3.63) is 82.7 Å². The standard InChI is InChI=1S/C25H27N3O2/c1-17-8-11-27-22(12-17)16-30-24-7-6-20(25(29)28(2)3)14-23(24)19-5-4-18-9-10-26-15-21(18)13-19/h4-8,11-14,26H,9-10,15-16H2,1-3H3. The topological polar surface area (TPSA) is 54.5 Å². The maximum atomic E-state index is 12.6. The number of carbonyl (C=O) groups is 1. The molecule has 0 saturated carbocycles. The van der Waals surface area contributed by atoms with Gasteiger partial charge in [0.1, 0.15) is 12.4 Å². The fourth-order valence-corrected chi connectivity index (χ4v) is 3.75. The molecule has 1 aliphatic heterocycles. The Labute approximate surface area is 177 Å². The predicted molar refractivity (Wildman–Crippen MR) is 119 cm³/mol. The first-order valence-electron chi connectivity index (χ1n) is 10.2. The number of aromatic nitrogens is 1. The van der Waals surface area contributed by atoms with Crippen molar-refractivity contribution in [1.29, 1.82) is 0 Å². The smallest absolute Gasteiger partial charge is 0.253 e. The van der Waals surface area contributed by atoms with Gasteiger partial charge in [0.15, 0.2) is 0 Å². The van der Waals surface area contributed by atoms with Crippen LogP contribution in [-0.2, 0) is 19.6 Å². The Morgan fingerprint density at radius 3 is 2.77 bits per heavy atom. The van der Waals surface area contributed by atoms with Gasteiger partial charge in [-0.15, -0.1) is 0 Å². The van der Waals surface area contributed by atoms with Gasteiger partial charge in [0.2, 0.25) is 0 Å². The zero-order valence-corrected chi connectivity index (χ0v) is 17.7. The average molecular weight is 402 g/mol. The number of pyridine rings is 1. The Kier molecular flexibility index (Phi) is 5.81. The summed E-state index contributed by atoms with van der Waals surface area (Å²) in [5.74, 6) is 0.722. The monoisotopic (exact) mass is 401 g/mol. The molecule has 0 spiro atoms. The molecule has 0 radical (unpaired) electrons. The average Bonchev–Trinajstić information content (AvgIpc) is 2.76. The number of nitrogens with one attached hydrogen (secondary N) is 1. The Bertz CT molecular complexity index is 1080. The van der Waals surface area contributed by atoms with Gasteiger partial charge in [0.25, 0.3) is 5.91 Å². The summed E-state index contributed by atoms with van der Waals surface area (Å²) in [5.41, 5.74) is 7.33. The minimum absolute atomic E-state index is 0.0252. The van der Waals surface area contributed by atoms with Crippen LogP contribution in [0.25, 0.3) is 11.1 Å². The summed E-state index contributed by atoms with van der Waals surface area (Å²) < 4.78 is 6.17. The lowest BCUT2D eigenvalue weighted by Crippen LogP contribution is -2.23. The SMILES string of the molecule is Cc1ccnc(COc2ccc(C(=O)N(C)C)cc2-c2ccc3c(c2)CNCC3)c1. The Hall–Kier alpha value is -3.18. The van der Waals surface area contributed by atoms with E-state index >= 15 is 0 Å². The van der Waals surface area contributed by atoms with Crippen LogP contribution in [0.1, 0.15) is 32.7 Å². The van der Waals surface area contributed by atoms with Crippen molar-refractivity contribution in [2.24, 2.45) is 0 Å². The minimum atomic E-state index is -0.0252. The van der Waals surface area contributed by atoms with Crippen molar-refractivity contribution in [2.45, 2.75) is 26.5 Å². The number of hydrogen-bond acceptors (Lipinski definition) is 4. The lowest BCUT2D eigenvalue weighted by Gasteiger charge is -2.20. The molecule has 1 aromatic heterocycles. The van der Waals surface area contributed by atoms with E-state index in [-0.39, 0.29) is 5.91 Å². The molecule has 2 aromatic carbocycles. The van der Waals surface area contributed by atoms with Gasteiger partial charge >= 0.3 is 0 Å². The zero-order valence-electron chi connectivity index (χ0n) is 17.7. The van der Waals surface area contributed by atoms with Crippen molar-refractivity contribution in [3.63, 3.8) is 0 Å². The lowest BCUT2D eigenvalue weighted by atomic mass is 9.94. The van der Waals surface area contributed by atoms with Crippen LogP contribution in [0.15, 0.2) is 54.7 Å². The number of ether oxygens (including phenoxy) is 1. The van der Waals surface area contributed by atoms with E-state index in [1.807, 2.05) is 37.3 Å². The van der Waals surface area contributed by atoms with Gasteiger partial charge in [0.05, 0.1) is 5.69 Å². The molecule has 4 rings (SSSR count). The van der Waals surface area contributed by atoms with Gasteiger partial charge in [-0.05, 0) is 78.5 Å². The molecule has 0 bridgehead atoms. The Morgan fingerprint density at radius 2 is 1.97 bits per heavy atom. The molecular weight excluding hydrogens is 374 g/mol. The third-order valence-electron chi connectivity index (χ3n) is 5.38. The lowest BCUT2D eigenvalue weighted by molar-refractivity contribution is 0.0827. The molecule has 5 nitrogen and oxygen atoms in total. The number of amides is 1. The second-order valence-corrected chi connectivity index (χ2v) is 7.93. The molecule has 0 fully saturated rings. The van der Waals surface area contributed by atoms with Crippen molar-refractivity contribution in [2.75, 3.05) is 20.6 Å². The molecule has 0 saturated heterocycles. The molecule has 0 aliphatic carbocycles. The summed E-state index contributed by atoms with van der Waals surface area (Å²) in [6.45, 7) is 4.29. The summed E-state index contributed by atoms with van der Waals surface area (Å²) in [6, 6.07) is 16.2. The molecule has 1 aliphatic rings. The quantitative estimate of drug-likeness (QED) is 0.703. The fourth-order valence-electron chi connectivity index (χ4n) is 3.75. The number of carbonyl (C=O) groups excluding carboxylic acids is 1. The first-order valence-corrected chi connectivity index (χ1v) is 10.2. The van der Waals surface area contributed by atoms with E-state index in [0.29, 0.717) is 12.2 Å². The van der Waals surface area contributed by atoms with Crippen LogP contribution in [0.4, 0.5) is 0 Å². The van der Waals surface area contributed by atoms with Crippen LogP contribution in [-0.4, -0.2) is 36.4 Å². The second-order valence-electron chi connectivity index (χ2n) is 7.93. The summed E-state index contributed by atoms with van der Waals surface area (Å²) in [4.78, 5) is 18.5. The molecule has 2 heterocycles. The first-order chi connectivity index (χ1) is 14.5. The zero-order chi connectivity index (χ0) is 21.1. The second kappa shape index (κ2) is 8.67. The van der Waals surface area contributed by atoms with Gasteiger partial charge in [-0.25, -0.2) is 0 Å².